The van der Waals surface area contributed by atoms with Gasteiger partial charge in [0.1, 0.15) is 10.6 Å². The summed E-state index contributed by atoms with van der Waals surface area (Å²) < 4.78 is 26.5. The van der Waals surface area contributed by atoms with E-state index in [1.165, 1.54) is 0 Å². The summed E-state index contributed by atoms with van der Waals surface area (Å²) in [5.74, 6) is 0.797. The van der Waals surface area contributed by atoms with Gasteiger partial charge in [0.2, 0.25) is 0 Å². The molecule has 1 aliphatic carbocycles. The first-order chi connectivity index (χ1) is 18.4. The van der Waals surface area contributed by atoms with E-state index < -0.39 is 14.6 Å². The lowest BCUT2D eigenvalue weighted by molar-refractivity contribution is 0.249. The van der Waals surface area contributed by atoms with Gasteiger partial charge in [-0.15, -0.1) is 0 Å². The molecular formula is C26H31N7O4S. The Bertz CT molecular complexity index is 1370. The first-order valence-electron chi connectivity index (χ1n) is 12.6. The molecule has 2 amide bonds. The summed E-state index contributed by atoms with van der Waals surface area (Å²) >= 11 is 0. The number of amides is 2. The second-order valence-electron chi connectivity index (χ2n) is 9.41. The normalized spacial score (nSPS) is 17.0. The lowest BCUT2D eigenvalue weighted by Crippen LogP contribution is -2.43. The number of anilines is 2. The SMILES string of the molecule is O=C(Nc1ccc(-c2nc(NCCO)cc(C3(S(=O)(=O)c4ccccc4)CCC3)n2)cc1)NC1CNNC1. The van der Waals surface area contributed by atoms with Crippen molar-refractivity contribution in [3.05, 3.63) is 66.4 Å². The minimum Gasteiger partial charge on any atom is -0.395 e. The van der Waals surface area contributed by atoms with Gasteiger partial charge in [0, 0.05) is 37.0 Å². The number of sulfone groups is 1. The fourth-order valence-corrected chi connectivity index (χ4v) is 6.86. The van der Waals surface area contributed by atoms with Crippen molar-refractivity contribution in [2.75, 3.05) is 36.9 Å². The molecule has 11 nitrogen and oxygen atoms in total. The van der Waals surface area contributed by atoms with Crippen molar-refractivity contribution in [1.82, 2.24) is 26.1 Å². The number of aliphatic hydroxyl groups is 1. The topological polar surface area (TPSA) is 157 Å². The van der Waals surface area contributed by atoms with Gasteiger partial charge in [0.15, 0.2) is 15.7 Å². The zero-order valence-corrected chi connectivity index (χ0v) is 21.6. The Morgan fingerprint density at radius 1 is 1.03 bits per heavy atom. The Morgan fingerprint density at radius 3 is 2.37 bits per heavy atom. The molecule has 2 fully saturated rings. The van der Waals surface area contributed by atoms with Crippen molar-refractivity contribution in [3.8, 4) is 11.4 Å². The number of aromatic nitrogens is 2. The summed E-state index contributed by atoms with van der Waals surface area (Å²) in [6.45, 7) is 1.46. The molecule has 2 aliphatic rings. The van der Waals surface area contributed by atoms with E-state index in [2.05, 4.69) is 31.8 Å². The third-order valence-electron chi connectivity index (χ3n) is 6.90. The van der Waals surface area contributed by atoms with Crippen LogP contribution in [0, 0.1) is 0 Å². The molecule has 2 heterocycles. The van der Waals surface area contributed by atoms with E-state index in [4.69, 9.17) is 4.98 Å². The number of nitrogens with zero attached hydrogens (tertiary/aromatic N) is 2. The van der Waals surface area contributed by atoms with E-state index in [0.717, 1.165) is 6.42 Å². The first-order valence-corrected chi connectivity index (χ1v) is 14.1. The predicted molar refractivity (Wildman–Crippen MR) is 144 cm³/mol. The highest BCUT2D eigenvalue weighted by Crippen LogP contribution is 2.50. The van der Waals surface area contributed by atoms with Gasteiger partial charge in [-0.25, -0.2) is 23.2 Å². The van der Waals surface area contributed by atoms with Gasteiger partial charge in [-0.05, 0) is 55.7 Å². The van der Waals surface area contributed by atoms with E-state index in [1.807, 2.05) is 0 Å². The molecule has 2 aromatic carbocycles. The number of benzene rings is 2. The van der Waals surface area contributed by atoms with Gasteiger partial charge >= 0.3 is 6.03 Å². The van der Waals surface area contributed by atoms with E-state index in [-0.39, 0.29) is 30.1 Å². The first kappa shape index (κ1) is 26.0. The molecule has 0 bridgehead atoms. The predicted octanol–water partition coefficient (Wildman–Crippen LogP) is 2.00. The van der Waals surface area contributed by atoms with E-state index in [9.17, 15) is 18.3 Å². The van der Waals surface area contributed by atoms with Gasteiger partial charge in [-0.2, -0.15) is 0 Å². The lowest BCUT2D eigenvalue weighted by atomic mass is 9.81. The fraction of sp³-hybridized carbons (Fsp3) is 0.346. The maximum Gasteiger partial charge on any atom is 0.319 e. The van der Waals surface area contributed by atoms with Crippen LogP contribution in [0.4, 0.5) is 16.3 Å². The summed E-state index contributed by atoms with van der Waals surface area (Å²) in [7, 11) is -3.71. The average molecular weight is 538 g/mol. The molecule has 1 saturated heterocycles. The molecule has 0 spiro atoms. The van der Waals surface area contributed by atoms with Crippen molar-refractivity contribution >= 4 is 27.4 Å². The van der Waals surface area contributed by atoms with Crippen LogP contribution in [0.25, 0.3) is 11.4 Å². The van der Waals surface area contributed by atoms with Gasteiger partial charge in [0.05, 0.1) is 23.2 Å². The summed E-state index contributed by atoms with van der Waals surface area (Å²) in [4.78, 5) is 21.9. The number of nitrogens with one attached hydrogen (secondary N) is 5. The standard InChI is InChI=1S/C26H31N7O4S/c34-14-13-27-23-15-22(26(11-4-12-26)38(36,37)21-5-2-1-3-6-21)32-24(33-23)18-7-9-19(10-8-18)30-25(35)31-20-16-28-29-17-20/h1-3,5-10,15,20,28-29,34H,4,11-14,16-17H2,(H,27,32,33)(H2,30,31,35). The smallest absolute Gasteiger partial charge is 0.319 e. The highest BCUT2D eigenvalue weighted by Gasteiger charge is 2.52. The van der Waals surface area contributed by atoms with Crippen LogP contribution in [0.5, 0.6) is 0 Å². The van der Waals surface area contributed by atoms with Crippen LogP contribution in [-0.2, 0) is 14.6 Å². The molecule has 1 aromatic heterocycles. The third kappa shape index (κ3) is 5.20. The van der Waals surface area contributed by atoms with Crippen LogP contribution in [0.3, 0.4) is 0 Å². The Kier molecular flexibility index (Phi) is 7.56. The monoisotopic (exact) mass is 537 g/mol. The van der Waals surface area contributed by atoms with Crippen LogP contribution in [0.15, 0.2) is 65.6 Å². The van der Waals surface area contributed by atoms with Crippen LogP contribution >= 0.6 is 0 Å². The fourth-order valence-electron chi connectivity index (χ4n) is 4.69. The van der Waals surface area contributed by atoms with Gasteiger partial charge in [-0.3, -0.25) is 10.9 Å². The third-order valence-corrected chi connectivity index (χ3v) is 9.44. The Morgan fingerprint density at radius 2 is 1.74 bits per heavy atom. The molecule has 0 atom stereocenters. The van der Waals surface area contributed by atoms with Crippen LogP contribution in [0.2, 0.25) is 0 Å². The maximum absolute atomic E-state index is 13.8. The second-order valence-corrected chi connectivity index (χ2v) is 11.7. The van der Waals surface area contributed by atoms with Crippen LogP contribution < -0.4 is 26.8 Å². The zero-order chi connectivity index (χ0) is 26.6. The number of hydrogen-bond donors (Lipinski definition) is 6. The molecule has 3 aromatic rings. The molecule has 0 unspecified atom stereocenters. The van der Waals surface area contributed by atoms with Crippen molar-refractivity contribution in [2.45, 2.75) is 34.9 Å². The number of rotatable bonds is 9. The van der Waals surface area contributed by atoms with Crippen molar-refractivity contribution in [2.24, 2.45) is 0 Å². The van der Waals surface area contributed by atoms with Crippen molar-refractivity contribution < 1.29 is 18.3 Å². The Hall–Kier alpha value is -3.58. The summed E-state index contributed by atoms with van der Waals surface area (Å²) in [5.41, 5.74) is 7.62. The number of hydrogen-bond acceptors (Lipinski definition) is 9. The number of carbonyl (C=O) groups excluding carboxylic acids is 1. The number of carbonyl (C=O) groups is 1. The highest BCUT2D eigenvalue weighted by atomic mass is 32.2. The highest BCUT2D eigenvalue weighted by molar-refractivity contribution is 7.92. The molecule has 12 heteroatoms. The van der Waals surface area contributed by atoms with E-state index in [0.29, 0.717) is 54.5 Å². The van der Waals surface area contributed by atoms with Gasteiger partial charge in [0.25, 0.3) is 0 Å². The lowest BCUT2D eigenvalue weighted by Gasteiger charge is -2.40. The zero-order valence-electron chi connectivity index (χ0n) is 20.8. The molecule has 38 heavy (non-hydrogen) atoms. The summed E-state index contributed by atoms with van der Waals surface area (Å²) in [6, 6.07) is 16.9. The molecule has 0 radical (unpaired) electrons. The summed E-state index contributed by atoms with van der Waals surface area (Å²) in [5, 5.41) is 18.1. The summed E-state index contributed by atoms with van der Waals surface area (Å²) in [6.07, 6.45) is 1.70. The molecule has 6 N–H and O–H groups in total. The van der Waals surface area contributed by atoms with Gasteiger partial charge in [-0.1, -0.05) is 18.2 Å². The molecule has 200 valence electrons. The number of aliphatic hydroxyl groups excluding tert-OH is 1. The molecule has 5 rings (SSSR count). The van der Waals surface area contributed by atoms with Gasteiger partial charge < -0.3 is 21.1 Å². The van der Waals surface area contributed by atoms with Crippen LogP contribution in [-0.4, -0.2) is 61.8 Å². The minimum absolute atomic E-state index is 0.00115. The largest absolute Gasteiger partial charge is 0.395 e. The van der Waals surface area contributed by atoms with E-state index >= 15 is 0 Å². The molecule has 1 aliphatic heterocycles. The van der Waals surface area contributed by atoms with E-state index in [1.54, 1.807) is 60.7 Å². The Balaban J connectivity index is 1.44. The average Bonchev–Trinajstić information content (AvgIpc) is 3.40. The quantitative estimate of drug-likeness (QED) is 0.240. The minimum atomic E-state index is -3.71. The maximum atomic E-state index is 13.8. The second kappa shape index (κ2) is 11.0. The van der Waals surface area contributed by atoms with Crippen LogP contribution in [0.1, 0.15) is 25.0 Å². The number of hydrazine groups is 1. The molecular weight excluding hydrogens is 506 g/mol. The Labute approximate surface area is 221 Å². The van der Waals surface area contributed by atoms with Crippen molar-refractivity contribution in [1.29, 1.82) is 0 Å². The van der Waals surface area contributed by atoms with Crippen molar-refractivity contribution in [3.63, 3.8) is 0 Å². The molecule has 1 saturated carbocycles. The number of urea groups is 1.